The lowest BCUT2D eigenvalue weighted by atomic mass is 10.1. The summed E-state index contributed by atoms with van der Waals surface area (Å²) in [5, 5.41) is 9.32. The molecule has 1 aromatic rings. The van der Waals surface area contributed by atoms with Gasteiger partial charge in [0.2, 0.25) is 0 Å². The Morgan fingerprint density at radius 3 is 2.56 bits per heavy atom. The molecule has 3 nitrogen and oxygen atoms in total. The fourth-order valence-electron chi connectivity index (χ4n) is 1.19. The van der Waals surface area contributed by atoms with Crippen molar-refractivity contribution in [3.05, 3.63) is 29.8 Å². The van der Waals surface area contributed by atoms with Gasteiger partial charge in [-0.15, -0.1) is 11.8 Å². The molecule has 1 N–H and O–H groups in total. The van der Waals surface area contributed by atoms with Crippen molar-refractivity contribution in [3.63, 3.8) is 0 Å². The Hall–Kier alpha value is -1.00. The summed E-state index contributed by atoms with van der Waals surface area (Å²) in [4.78, 5) is 12.1. The number of hydrogen-bond donors (Lipinski definition) is 1. The molecule has 0 bridgehead atoms. The van der Waals surface area contributed by atoms with E-state index in [2.05, 4.69) is 0 Å². The molecule has 1 unspecified atom stereocenters. The zero-order valence-corrected chi connectivity index (χ0v) is 10.3. The van der Waals surface area contributed by atoms with Crippen molar-refractivity contribution >= 4 is 17.7 Å². The van der Waals surface area contributed by atoms with Crippen molar-refractivity contribution in [1.29, 1.82) is 0 Å². The minimum Gasteiger partial charge on any atom is -0.465 e. The molecule has 1 aromatic carbocycles. The van der Waals surface area contributed by atoms with Crippen molar-refractivity contribution in [3.8, 4) is 0 Å². The van der Waals surface area contributed by atoms with Crippen LogP contribution in [0.25, 0.3) is 0 Å². The van der Waals surface area contributed by atoms with Crippen LogP contribution in [0, 0.1) is 0 Å². The molecule has 0 aliphatic heterocycles. The normalized spacial score (nSPS) is 12.2. The SMILES string of the molecule is CCOC(=O)CSc1ccc(C(C)O)cc1. The summed E-state index contributed by atoms with van der Waals surface area (Å²) in [5.41, 5.74) is 0.875. The summed E-state index contributed by atoms with van der Waals surface area (Å²) in [6, 6.07) is 7.51. The van der Waals surface area contributed by atoms with Gasteiger partial charge in [-0.25, -0.2) is 0 Å². The summed E-state index contributed by atoms with van der Waals surface area (Å²) in [6.45, 7) is 3.93. The van der Waals surface area contributed by atoms with Gasteiger partial charge < -0.3 is 9.84 Å². The number of hydrogen-bond acceptors (Lipinski definition) is 4. The summed E-state index contributed by atoms with van der Waals surface area (Å²) < 4.78 is 4.83. The first-order valence-corrected chi connectivity index (χ1v) is 6.18. The number of benzene rings is 1. The van der Waals surface area contributed by atoms with E-state index in [-0.39, 0.29) is 5.97 Å². The van der Waals surface area contributed by atoms with Crippen LogP contribution >= 0.6 is 11.8 Å². The van der Waals surface area contributed by atoms with Gasteiger partial charge in [-0.3, -0.25) is 4.79 Å². The molecule has 0 saturated carbocycles. The third-order valence-corrected chi connectivity index (χ3v) is 3.01. The molecule has 0 aromatic heterocycles. The topological polar surface area (TPSA) is 46.5 Å². The molecular weight excluding hydrogens is 224 g/mol. The first kappa shape index (κ1) is 13.1. The van der Waals surface area contributed by atoms with Crippen LogP contribution in [0.1, 0.15) is 25.5 Å². The number of aliphatic hydroxyl groups excluding tert-OH is 1. The predicted octanol–water partition coefficient (Wildman–Crippen LogP) is 2.40. The average Bonchev–Trinajstić information content (AvgIpc) is 2.27. The Bertz CT molecular complexity index is 333. The molecule has 0 aliphatic carbocycles. The van der Waals surface area contributed by atoms with Gasteiger partial charge in [-0.2, -0.15) is 0 Å². The second-order valence-electron chi connectivity index (χ2n) is 3.34. The van der Waals surface area contributed by atoms with Crippen molar-refractivity contribution < 1.29 is 14.6 Å². The van der Waals surface area contributed by atoms with E-state index in [4.69, 9.17) is 4.74 Å². The van der Waals surface area contributed by atoms with E-state index in [0.29, 0.717) is 12.4 Å². The molecule has 0 amide bonds. The van der Waals surface area contributed by atoms with Crippen molar-refractivity contribution in [2.45, 2.75) is 24.8 Å². The van der Waals surface area contributed by atoms with E-state index in [9.17, 15) is 9.90 Å². The minimum absolute atomic E-state index is 0.202. The van der Waals surface area contributed by atoms with E-state index in [1.165, 1.54) is 11.8 Å². The molecule has 4 heteroatoms. The molecule has 0 aliphatic rings. The third-order valence-electron chi connectivity index (χ3n) is 2.02. The number of carbonyl (C=O) groups excluding carboxylic acids is 1. The summed E-state index contributed by atoms with van der Waals surface area (Å²) in [5.74, 6) is 0.120. The first-order valence-electron chi connectivity index (χ1n) is 5.20. The molecule has 0 fully saturated rings. The number of aliphatic hydroxyl groups is 1. The highest BCUT2D eigenvalue weighted by Gasteiger charge is 2.04. The number of thioether (sulfide) groups is 1. The smallest absolute Gasteiger partial charge is 0.316 e. The molecule has 88 valence electrons. The van der Waals surface area contributed by atoms with Crippen LogP contribution < -0.4 is 0 Å². The molecular formula is C12H16O3S. The Labute approximate surface area is 99.8 Å². The van der Waals surface area contributed by atoms with Crippen molar-refractivity contribution in [1.82, 2.24) is 0 Å². The molecule has 0 heterocycles. The highest BCUT2D eigenvalue weighted by Crippen LogP contribution is 2.20. The highest BCUT2D eigenvalue weighted by atomic mass is 32.2. The predicted molar refractivity (Wildman–Crippen MR) is 64.4 cm³/mol. The average molecular weight is 240 g/mol. The highest BCUT2D eigenvalue weighted by molar-refractivity contribution is 8.00. The van der Waals surface area contributed by atoms with Gasteiger partial charge in [0.25, 0.3) is 0 Å². The Balaban J connectivity index is 2.46. The van der Waals surface area contributed by atoms with Crippen molar-refractivity contribution in [2.24, 2.45) is 0 Å². The number of rotatable bonds is 5. The molecule has 1 rings (SSSR count). The summed E-state index contributed by atoms with van der Waals surface area (Å²) in [6.07, 6.45) is -0.455. The molecule has 0 spiro atoms. The largest absolute Gasteiger partial charge is 0.465 e. The molecule has 0 saturated heterocycles. The Morgan fingerprint density at radius 2 is 2.06 bits per heavy atom. The zero-order valence-electron chi connectivity index (χ0n) is 9.47. The van der Waals surface area contributed by atoms with Gasteiger partial charge in [0.05, 0.1) is 18.5 Å². The zero-order chi connectivity index (χ0) is 12.0. The van der Waals surface area contributed by atoms with E-state index >= 15 is 0 Å². The first-order chi connectivity index (χ1) is 7.63. The van der Waals surface area contributed by atoms with Gasteiger partial charge in [-0.1, -0.05) is 12.1 Å². The maximum atomic E-state index is 11.1. The van der Waals surface area contributed by atoms with E-state index in [0.717, 1.165) is 10.5 Å². The fourth-order valence-corrected chi connectivity index (χ4v) is 1.88. The molecule has 1 atom stereocenters. The van der Waals surface area contributed by atoms with Gasteiger partial charge in [0.15, 0.2) is 0 Å². The van der Waals surface area contributed by atoms with Crippen LogP contribution in [-0.2, 0) is 9.53 Å². The second kappa shape index (κ2) is 6.55. The lowest BCUT2D eigenvalue weighted by Gasteiger charge is -2.06. The quantitative estimate of drug-likeness (QED) is 0.634. The van der Waals surface area contributed by atoms with E-state index < -0.39 is 6.10 Å². The lowest BCUT2D eigenvalue weighted by Crippen LogP contribution is -2.06. The molecule has 0 radical (unpaired) electrons. The van der Waals surface area contributed by atoms with E-state index in [1.54, 1.807) is 13.8 Å². The standard InChI is InChI=1S/C12H16O3S/c1-3-15-12(14)8-16-11-6-4-10(5-7-11)9(2)13/h4-7,9,13H,3,8H2,1-2H3. The maximum Gasteiger partial charge on any atom is 0.316 e. The fraction of sp³-hybridized carbons (Fsp3) is 0.417. The lowest BCUT2D eigenvalue weighted by molar-refractivity contribution is -0.139. The summed E-state index contributed by atoms with van der Waals surface area (Å²) in [7, 11) is 0. The number of carbonyl (C=O) groups is 1. The Kier molecular flexibility index (Phi) is 5.35. The third kappa shape index (κ3) is 4.24. The second-order valence-corrected chi connectivity index (χ2v) is 4.39. The Morgan fingerprint density at radius 1 is 1.44 bits per heavy atom. The maximum absolute atomic E-state index is 11.1. The van der Waals surface area contributed by atoms with Crippen LogP contribution in [-0.4, -0.2) is 23.4 Å². The molecule has 16 heavy (non-hydrogen) atoms. The number of esters is 1. The van der Waals surface area contributed by atoms with Gasteiger partial charge in [-0.05, 0) is 31.5 Å². The summed E-state index contributed by atoms with van der Waals surface area (Å²) >= 11 is 1.43. The van der Waals surface area contributed by atoms with Crippen molar-refractivity contribution in [2.75, 3.05) is 12.4 Å². The van der Waals surface area contributed by atoms with Crippen LogP contribution in [0.2, 0.25) is 0 Å². The van der Waals surface area contributed by atoms with Crippen LogP contribution in [0.5, 0.6) is 0 Å². The van der Waals surface area contributed by atoms with Crippen LogP contribution in [0.3, 0.4) is 0 Å². The minimum atomic E-state index is -0.455. The van der Waals surface area contributed by atoms with Gasteiger partial charge >= 0.3 is 5.97 Å². The van der Waals surface area contributed by atoms with Gasteiger partial charge in [0, 0.05) is 4.90 Å². The number of ether oxygens (including phenoxy) is 1. The van der Waals surface area contributed by atoms with Crippen LogP contribution in [0.15, 0.2) is 29.2 Å². The van der Waals surface area contributed by atoms with E-state index in [1.807, 2.05) is 24.3 Å². The van der Waals surface area contributed by atoms with Gasteiger partial charge in [0.1, 0.15) is 0 Å². The monoisotopic (exact) mass is 240 g/mol. The van der Waals surface area contributed by atoms with Crippen LogP contribution in [0.4, 0.5) is 0 Å².